The van der Waals surface area contributed by atoms with Crippen LogP contribution < -0.4 is 0 Å². The molecule has 0 fully saturated rings. The summed E-state index contributed by atoms with van der Waals surface area (Å²) >= 11 is -0.353. The number of amidine groups is 1. The number of aliphatic imine (C=N–C) groups is 1. The van der Waals surface area contributed by atoms with Crippen LogP contribution in [0.25, 0.3) is 0 Å². The third-order valence-electron chi connectivity index (χ3n) is 1.23. The van der Waals surface area contributed by atoms with Gasteiger partial charge in [0.15, 0.2) is 0 Å². The van der Waals surface area contributed by atoms with Crippen LogP contribution in [0.4, 0.5) is 4.79 Å². The summed E-state index contributed by atoms with van der Waals surface area (Å²) in [6.45, 7) is 5.28. The average Bonchev–Trinajstić information content (AvgIpc) is 1.81. The van der Waals surface area contributed by atoms with Crippen molar-refractivity contribution >= 4 is 25.6 Å². The normalized spacial score (nSPS) is 23.5. The van der Waals surface area contributed by atoms with Gasteiger partial charge in [0, 0.05) is 0 Å². The summed E-state index contributed by atoms with van der Waals surface area (Å²) in [7, 11) is 0. The van der Waals surface area contributed by atoms with Gasteiger partial charge in [0.25, 0.3) is 0 Å². The molecule has 4 nitrogen and oxygen atoms in total. The van der Waals surface area contributed by atoms with Crippen molar-refractivity contribution in [3.63, 3.8) is 0 Å². The first-order valence-corrected chi connectivity index (χ1v) is 4.90. The van der Waals surface area contributed by atoms with E-state index in [0.717, 1.165) is 0 Å². The Labute approximate surface area is 71.4 Å². The van der Waals surface area contributed by atoms with E-state index in [1.165, 1.54) is 0 Å². The summed E-state index contributed by atoms with van der Waals surface area (Å²) in [5, 5.41) is 11.2. The molecule has 1 heterocycles. The van der Waals surface area contributed by atoms with Crippen molar-refractivity contribution in [1.82, 2.24) is 5.06 Å². The van der Waals surface area contributed by atoms with E-state index in [1.807, 2.05) is 13.8 Å². The molecule has 0 unspecified atom stereocenters. The molecule has 0 atom stereocenters. The van der Waals surface area contributed by atoms with Gasteiger partial charge in [-0.25, -0.2) is 0 Å². The Kier molecular flexibility index (Phi) is 2.05. The first-order valence-electron chi connectivity index (χ1n) is 3.19. The zero-order chi connectivity index (χ0) is 8.65. The topological polar surface area (TPSA) is 52.6 Å². The fraction of sp³-hybridized carbons (Fsp3) is 0.667. The molecule has 1 radical (unpaired) electrons. The summed E-state index contributed by atoms with van der Waals surface area (Å²) in [5.74, 6) is 0.271. The third-order valence-corrected chi connectivity index (χ3v) is 3.18. The molecule has 0 aromatic carbocycles. The maximum atomic E-state index is 11.0. The molecular formula is C6H9N2O2Se. The number of hydroxylamine groups is 2. The molecule has 61 valence electrons. The molecule has 1 amide bonds. The minimum absolute atomic E-state index is 0.271. The first-order chi connectivity index (χ1) is 4.92. The molecule has 1 aliphatic heterocycles. The second-order valence-electron chi connectivity index (χ2n) is 2.77. The summed E-state index contributed by atoms with van der Waals surface area (Å²) in [6.07, 6.45) is 0. The predicted octanol–water partition coefficient (Wildman–Crippen LogP) is 0.626. The van der Waals surface area contributed by atoms with Crippen LogP contribution in [0.2, 0.25) is 0 Å². The molecule has 1 aliphatic rings. The van der Waals surface area contributed by atoms with Gasteiger partial charge in [-0.05, 0) is 0 Å². The van der Waals surface area contributed by atoms with Crippen LogP contribution in [0.1, 0.15) is 20.8 Å². The molecule has 0 aromatic rings. The number of hydrogen-bond acceptors (Lipinski definition) is 2. The Bertz CT molecular complexity index is 225. The third kappa shape index (κ3) is 1.80. The molecule has 11 heavy (non-hydrogen) atoms. The van der Waals surface area contributed by atoms with Crippen molar-refractivity contribution in [2.45, 2.75) is 25.2 Å². The number of nitrogens with zero attached hydrogens (tertiary/aromatic N) is 2. The molecule has 0 aliphatic carbocycles. The van der Waals surface area contributed by atoms with Gasteiger partial charge in [-0.3, -0.25) is 0 Å². The summed E-state index contributed by atoms with van der Waals surface area (Å²) in [5.41, 5.74) is 0. The zero-order valence-corrected chi connectivity index (χ0v) is 8.33. The van der Waals surface area contributed by atoms with Gasteiger partial charge in [0.05, 0.1) is 0 Å². The van der Waals surface area contributed by atoms with Crippen molar-refractivity contribution in [2.75, 3.05) is 0 Å². The summed E-state index contributed by atoms with van der Waals surface area (Å²) in [6, 6.07) is 0. The Morgan fingerprint density at radius 3 is 2.55 bits per heavy atom. The van der Waals surface area contributed by atoms with Crippen molar-refractivity contribution in [1.29, 1.82) is 0 Å². The predicted molar refractivity (Wildman–Crippen MR) is 40.9 cm³/mol. The van der Waals surface area contributed by atoms with E-state index in [4.69, 9.17) is 0 Å². The van der Waals surface area contributed by atoms with Crippen molar-refractivity contribution in [3.8, 4) is 0 Å². The van der Waals surface area contributed by atoms with E-state index in [0.29, 0.717) is 5.06 Å². The molecule has 0 N–H and O–H groups in total. The van der Waals surface area contributed by atoms with Gasteiger partial charge in [-0.1, -0.05) is 0 Å². The van der Waals surface area contributed by atoms with Crippen molar-refractivity contribution in [3.05, 3.63) is 0 Å². The number of rotatable bonds is 0. The molecule has 0 saturated carbocycles. The average molecular weight is 220 g/mol. The van der Waals surface area contributed by atoms with Crippen LogP contribution in [0.3, 0.4) is 0 Å². The van der Waals surface area contributed by atoms with E-state index in [1.54, 1.807) is 6.92 Å². The minimum atomic E-state index is -0.353. The van der Waals surface area contributed by atoms with Gasteiger partial charge in [-0.15, -0.1) is 0 Å². The number of hydrogen-bond donors (Lipinski definition) is 0. The first kappa shape index (κ1) is 8.71. The Morgan fingerprint density at radius 1 is 1.55 bits per heavy atom. The number of carbonyl (C=O) groups excluding carboxylic acids is 1. The standard InChI is InChI=1S/C6H9N2O2Se/c1-4-7-6(2,3)11-5(9)8(4)10/h1-3H3. The summed E-state index contributed by atoms with van der Waals surface area (Å²) in [4.78, 5) is 14.7. The van der Waals surface area contributed by atoms with Crippen LogP contribution in [0.5, 0.6) is 0 Å². The van der Waals surface area contributed by atoms with Crippen LogP contribution in [-0.2, 0) is 5.21 Å². The second kappa shape index (κ2) is 2.59. The SMILES string of the molecule is CC1=NC(C)(C)[Se]C(=O)N1[O]. The van der Waals surface area contributed by atoms with Gasteiger partial charge < -0.3 is 0 Å². The molecule has 0 saturated heterocycles. The van der Waals surface area contributed by atoms with E-state index in [-0.39, 0.29) is 30.0 Å². The van der Waals surface area contributed by atoms with Crippen LogP contribution in [0.15, 0.2) is 4.99 Å². The fourth-order valence-electron chi connectivity index (χ4n) is 0.845. The van der Waals surface area contributed by atoms with Crippen LogP contribution >= 0.6 is 0 Å². The monoisotopic (exact) mass is 221 g/mol. The van der Waals surface area contributed by atoms with Gasteiger partial charge in [0.2, 0.25) is 0 Å². The number of amides is 1. The molecular weight excluding hydrogens is 211 g/mol. The van der Waals surface area contributed by atoms with Gasteiger partial charge >= 0.3 is 70.9 Å². The van der Waals surface area contributed by atoms with Crippen LogP contribution in [-0.4, -0.2) is 35.1 Å². The molecule has 0 bridgehead atoms. The van der Waals surface area contributed by atoms with E-state index in [9.17, 15) is 10.0 Å². The second-order valence-corrected chi connectivity index (χ2v) is 6.03. The molecule has 0 spiro atoms. The van der Waals surface area contributed by atoms with E-state index in [2.05, 4.69) is 4.99 Å². The number of carbonyl (C=O) groups is 1. The molecule has 1 rings (SSSR count). The van der Waals surface area contributed by atoms with Crippen molar-refractivity contribution in [2.24, 2.45) is 4.99 Å². The maximum absolute atomic E-state index is 11.0. The quantitative estimate of drug-likeness (QED) is 0.552. The zero-order valence-electron chi connectivity index (χ0n) is 6.62. The van der Waals surface area contributed by atoms with Crippen molar-refractivity contribution < 1.29 is 10.0 Å². The van der Waals surface area contributed by atoms with Crippen LogP contribution in [0, 0.1) is 0 Å². The Morgan fingerprint density at radius 2 is 2.09 bits per heavy atom. The van der Waals surface area contributed by atoms with Gasteiger partial charge in [0.1, 0.15) is 0 Å². The Hall–Kier alpha value is -0.381. The molecule has 5 heteroatoms. The summed E-state index contributed by atoms with van der Waals surface area (Å²) < 4.78 is -0.338. The van der Waals surface area contributed by atoms with E-state index >= 15 is 0 Å². The Balaban J connectivity index is 2.94. The van der Waals surface area contributed by atoms with Gasteiger partial charge in [-0.2, -0.15) is 0 Å². The molecule has 0 aromatic heterocycles. The fourth-order valence-corrected chi connectivity index (χ4v) is 2.57. The van der Waals surface area contributed by atoms with E-state index < -0.39 is 0 Å².